The van der Waals surface area contributed by atoms with Crippen molar-refractivity contribution in [3.63, 3.8) is 0 Å². The predicted molar refractivity (Wildman–Crippen MR) is 159 cm³/mol. The van der Waals surface area contributed by atoms with Gasteiger partial charge in [0.2, 0.25) is 0 Å². The van der Waals surface area contributed by atoms with Crippen molar-refractivity contribution in [3.8, 4) is 0 Å². The molecule has 0 aliphatic rings. The Balaban J connectivity index is 1.31. The molecule has 0 amide bonds. The van der Waals surface area contributed by atoms with Gasteiger partial charge in [-0.1, -0.05) is 48.2 Å². The minimum atomic E-state index is 0.405. The van der Waals surface area contributed by atoms with Crippen LogP contribution >= 0.6 is 59.8 Å². The van der Waals surface area contributed by atoms with Gasteiger partial charge in [-0.15, -0.1) is 0 Å². The summed E-state index contributed by atoms with van der Waals surface area (Å²) in [4.78, 5) is 2.19. The minimum absolute atomic E-state index is 0.405. The molecule has 2 N–H and O–H groups in total. The second-order valence-corrected chi connectivity index (χ2v) is 9.84. The zero-order chi connectivity index (χ0) is 24.6. The maximum Gasteiger partial charge on any atom is 0.193 e. The molecule has 9 heteroatoms. The average molecular weight is 556 g/mol. The molecular weight excluding hydrogens is 535 g/mol. The third kappa shape index (κ3) is 7.10. The third-order valence-electron chi connectivity index (χ3n) is 4.77. The molecule has 4 aromatic rings. The average Bonchev–Trinajstić information content (AvgIpc) is 2.91. The van der Waals surface area contributed by atoms with Gasteiger partial charge in [0.25, 0.3) is 0 Å². The van der Waals surface area contributed by atoms with Crippen molar-refractivity contribution in [2.75, 3.05) is 19.5 Å². The molecule has 35 heavy (non-hydrogen) atoms. The summed E-state index contributed by atoms with van der Waals surface area (Å²) in [5.41, 5.74) is 3.32. The topological polar surface area (TPSA) is 30.5 Å². The molecule has 0 aliphatic heterocycles. The van der Waals surface area contributed by atoms with Crippen molar-refractivity contribution in [2.45, 2.75) is 9.79 Å². The fourth-order valence-electron chi connectivity index (χ4n) is 3.05. The van der Waals surface area contributed by atoms with Gasteiger partial charge >= 0.3 is 0 Å². The fraction of sp³-hybridized carbons (Fsp3) is 0. The van der Waals surface area contributed by atoms with Crippen molar-refractivity contribution in [1.29, 1.82) is 0 Å². The molecule has 0 spiro atoms. The van der Waals surface area contributed by atoms with Crippen LogP contribution in [0.5, 0.6) is 0 Å². The lowest BCUT2D eigenvalue weighted by Gasteiger charge is -2.18. The minimum Gasteiger partial charge on any atom is -0.331 e. The largest absolute Gasteiger partial charge is 0.331 e. The first-order valence-corrected chi connectivity index (χ1v) is 12.8. The van der Waals surface area contributed by atoms with E-state index >= 15 is 0 Å². The van der Waals surface area contributed by atoms with E-state index in [2.05, 4.69) is 10.6 Å². The Hall–Kier alpha value is -2.81. The van der Waals surface area contributed by atoms with E-state index in [0.29, 0.717) is 10.2 Å². The molecule has 0 bridgehead atoms. The maximum absolute atomic E-state index is 6.34. The normalized spacial score (nSPS) is 10.3. The van der Waals surface area contributed by atoms with Crippen LogP contribution in [0, 0.1) is 0 Å². The number of anilines is 4. The summed E-state index contributed by atoms with van der Waals surface area (Å²) >= 11 is 25.2. The van der Waals surface area contributed by atoms with E-state index in [0.717, 1.165) is 32.5 Å². The predicted octanol–water partition coefficient (Wildman–Crippen LogP) is 8.55. The molecule has 0 aliphatic carbocycles. The van der Waals surface area contributed by atoms with Crippen LogP contribution in [-0.2, 0) is 0 Å². The van der Waals surface area contributed by atoms with E-state index in [-0.39, 0.29) is 0 Å². The van der Waals surface area contributed by atoms with Gasteiger partial charge < -0.3 is 10.6 Å². The SMILES string of the molecule is S=C(Nc1ccc(Sc2ccc(NC(=S)N(Cl)c3ccccc3)cc2)cc1)N(Cl)c1ccccc1. The molecule has 0 atom stereocenters. The molecule has 0 heterocycles. The highest BCUT2D eigenvalue weighted by molar-refractivity contribution is 7.99. The van der Waals surface area contributed by atoms with Crippen LogP contribution in [0.2, 0.25) is 0 Å². The van der Waals surface area contributed by atoms with Crippen molar-refractivity contribution in [1.82, 2.24) is 0 Å². The second kappa shape index (κ2) is 12.2. The molecule has 176 valence electrons. The van der Waals surface area contributed by atoms with Gasteiger partial charge in [0.1, 0.15) is 0 Å². The zero-order valence-electron chi connectivity index (χ0n) is 18.3. The first-order chi connectivity index (χ1) is 17.0. The Morgan fingerprint density at radius 1 is 0.543 bits per heavy atom. The van der Waals surface area contributed by atoms with Crippen molar-refractivity contribution >= 4 is 92.7 Å². The van der Waals surface area contributed by atoms with E-state index in [1.165, 1.54) is 8.84 Å². The lowest BCUT2D eigenvalue weighted by molar-refractivity contribution is 1.40. The number of hydrogen-bond donors (Lipinski definition) is 2. The number of rotatable bonds is 6. The molecule has 4 nitrogen and oxygen atoms in total. The number of hydrogen-bond acceptors (Lipinski definition) is 3. The van der Waals surface area contributed by atoms with Crippen molar-refractivity contribution in [2.24, 2.45) is 0 Å². The number of thiocarbonyl (C=S) groups is 2. The van der Waals surface area contributed by atoms with Gasteiger partial charge in [0.15, 0.2) is 10.2 Å². The van der Waals surface area contributed by atoms with E-state index in [1.807, 2.05) is 109 Å². The van der Waals surface area contributed by atoms with Gasteiger partial charge in [0.05, 0.1) is 11.4 Å². The molecule has 0 unspecified atom stereocenters. The zero-order valence-corrected chi connectivity index (χ0v) is 22.2. The molecule has 0 fully saturated rings. The summed E-state index contributed by atoms with van der Waals surface area (Å²) in [7, 11) is 0. The van der Waals surface area contributed by atoms with E-state index < -0.39 is 0 Å². The highest BCUT2D eigenvalue weighted by Crippen LogP contribution is 2.30. The standard InChI is InChI=1S/C26H20Cl2N4S3/c27-31(21-7-3-1-4-8-21)25(33)29-19-11-15-23(16-12-19)35-24-17-13-20(14-18-24)30-26(34)32(28)22-9-5-2-6-10-22/h1-18H,(H,29,33)(H,30,34). The van der Waals surface area contributed by atoms with Crippen molar-refractivity contribution in [3.05, 3.63) is 109 Å². The monoisotopic (exact) mass is 554 g/mol. The molecule has 0 radical (unpaired) electrons. The van der Waals surface area contributed by atoms with E-state index in [4.69, 9.17) is 48.0 Å². The Morgan fingerprint density at radius 2 is 0.886 bits per heavy atom. The summed E-state index contributed by atoms with van der Waals surface area (Å²) < 4.78 is 2.84. The Labute approximate surface area is 230 Å². The van der Waals surface area contributed by atoms with Gasteiger partial charge in [0, 0.05) is 44.7 Å². The number of para-hydroxylation sites is 2. The highest BCUT2D eigenvalue weighted by Gasteiger charge is 2.11. The van der Waals surface area contributed by atoms with Crippen LogP contribution in [0.25, 0.3) is 0 Å². The molecular formula is C26H20Cl2N4S3. The first kappa shape index (κ1) is 25.3. The van der Waals surface area contributed by atoms with Gasteiger partial charge in [-0.25, -0.2) is 8.84 Å². The summed E-state index contributed by atoms with van der Waals surface area (Å²) in [6.07, 6.45) is 0. The number of benzene rings is 4. The van der Waals surface area contributed by atoms with E-state index in [9.17, 15) is 0 Å². The quantitative estimate of drug-likeness (QED) is 0.182. The Kier molecular flexibility index (Phi) is 8.84. The van der Waals surface area contributed by atoms with Gasteiger partial charge in [-0.3, -0.25) is 0 Å². The lowest BCUT2D eigenvalue weighted by Crippen LogP contribution is -2.26. The third-order valence-corrected chi connectivity index (χ3v) is 7.28. The molecule has 0 aromatic heterocycles. The Bertz CT molecular complexity index is 1170. The summed E-state index contributed by atoms with van der Waals surface area (Å²) in [6, 6.07) is 35.1. The van der Waals surface area contributed by atoms with Crippen molar-refractivity contribution < 1.29 is 0 Å². The Morgan fingerprint density at radius 3 is 1.23 bits per heavy atom. The fourth-order valence-corrected chi connectivity index (χ4v) is 4.62. The molecule has 4 aromatic carbocycles. The smallest absolute Gasteiger partial charge is 0.193 e. The summed E-state index contributed by atoms with van der Waals surface area (Å²) in [5, 5.41) is 7.13. The van der Waals surface area contributed by atoms with Crippen LogP contribution in [0.15, 0.2) is 119 Å². The van der Waals surface area contributed by atoms with E-state index in [1.54, 1.807) is 11.8 Å². The summed E-state index contributed by atoms with van der Waals surface area (Å²) in [5.74, 6) is 0. The maximum atomic E-state index is 6.34. The molecule has 0 saturated carbocycles. The lowest BCUT2D eigenvalue weighted by atomic mass is 10.3. The molecule has 4 rings (SSSR count). The van der Waals surface area contributed by atoms with Crippen LogP contribution in [0.1, 0.15) is 0 Å². The number of nitrogens with one attached hydrogen (secondary N) is 2. The van der Waals surface area contributed by atoms with Gasteiger partial charge in [-0.2, -0.15) is 0 Å². The molecule has 0 saturated heterocycles. The highest BCUT2D eigenvalue weighted by atomic mass is 35.5. The first-order valence-electron chi connectivity index (χ1n) is 10.5. The van der Waals surface area contributed by atoms with Gasteiger partial charge in [-0.05, 0) is 97.2 Å². The van der Waals surface area contributed by atoms with Crippen LogP contribution in [-0.4, -0.2) is 10.2 Å². The number of halogens is 2. The second-order valence-electron chi connectivity index (χ2n) is 7.24. The van der Waals surface area contributed by atoms with Crippen LogP contribution in [0.3, 0.4) is 0 Å². The summed E-state index contributed by atoms with van der Waals surface area (Å²) in [6.45, 7) is 0. The number of nitrogens with zero attached hydrogens (tertiary/aromatic N) is 2. The van der Waals surface area contributed by atoms with Crippen LogP contribution in [0.4, 0.5) is 22.7 Å². The van der Waals surface area contributed by atoms with Crippen LogP contribution < -0.4 is 19.5 Å².